The van der Waals surface area contributed by atoms with Gasteiger partial charge in [-0.25, -0.2) is 4.79 Å². The summed E-state index contributed by atoms with van der Waals surface area (Å²) in [5, 5.41) is 11.9. The Morgan fingerprint density at radius 3 is 2.48 bits per heavy atom. The quantitative estimate of drug-likeness (QED) is 0.736. The number of carboxylic acid groups (broad SMARTS) is 1. The molecule has 2 N–H and O–H groups in total. The van der Waals surface area contributed by atoms with Crippen molar-refractivity contribution in [2.75, 3.05) is 33.9 Å². The zero-order valence-electron chi connectivity index (χ0n) is 14.8. The molecule has 7 nitrogen and oxygen atoms in total. The second-order valence-electron chi connectivity index (χ2n) is 6.12. The van der Waals surface area contributed by atoms with E-state index in [9.17, 15) is 9.59 Å². The Bertz CT molecular complexity index is 597. The molecule has 0 atom stereocenters. The van der Waals surface area contributed by atoms with Crippen LogP contribution < -0.4 is 14.8 Å². The van der Waals surface area contributed by atoms with Crippen LogP contribution in [0.1, 0.15) is 24.8 Å². The van der Waals surface area contributed by atoms with E-state index < -0.39 is 5.97 Å². The SMILES string of the molecule is COc1ccc(CCCNC(=O)N2CCC(C(=O)O)CC2)cc1OC. The maximum Gasteiger partial charge on any atom is 0.317 e. The highest BCUT2D eigenvalue weighted by atomic mass is 16.5. The smallest absolute Gasteiger partial charge is 0.317 e. The first-order valence-electron chi connectivity index (χ1n) is 8.51. The molecule has 138 valence electrons. The molecular formula is C18H26N2O5. The van der Waals surface area contributed by atoms with Gasteiger partial charge in [0, 0.05) is 19.6 Å². The number of carbonyl (C=O) groups is 2. The summed E-state index contributed by atoms with van der Waals surface area (Å²) >= 11 is 0. The molecular weight excluding hydrogens is 324 g/mol. The predicted octanol–water partition coefficient (Wildman–Crippen LogP) is 2.14. The first-order valence-corrected chi connectivity index (χ1v) is 8.51. The van der Waals surface area contributed by atoms with E-state index >= 15 is 0 Å². The molecule has 0 bridgehead atoms. The van der Waals surface area contributed by atoms with Crippen molar-refractivity contribution in [3.05, 3.63) is 23.8 Å². The number of likely N-dealkylation sites (tertiary alicyclic amines) is 1. The number of rotatable bonds is 7. The van der Waals surface area contributed by atoms with Gasteiger partial charge in [0.15, 0.2) is 11.5 Å². The van der Waals surface area contributed by atoms with Crippen LogP contribution in [-0.4, -0.2) is 55.9 Å². The highest BCUT2D eigenvalue weighted by Gasteiger charge is 2.26. The van der Waals surface area contributed by atoms with E-state index in [1.54, 1.807) is 19.1 Å². The van der Waals surface area contributed by atoms with Gasteiger partial charge in [-0.1, -0.05) is 6.07 Å². The van der Waals surface area contributed by atoms with Gasteiger partial charge < -0.3 is 24.8 Å². The number of benzene rings is 1. The molecule has 1 fully saturated rings. The lowest BCUT2D eigenvalue weighted by atomic mass is 9.97. The molecule has 7 heteroatoms. The fourth-order valence-electron chi connectivity index (χ4n) is 2.97. The van der Waals surface area contributed by atoms with Gasteiger partial charge in [-0.2, -0.15) is 0 Å². The molecule has 0 aliphatic carbocycles. The van der Waals surface area contributed by atoms with Gasteiger partial charge in [0.2, 0.25) is 0 Å². The Morgan fingerprint density at radius 1 is 1.20 bits per heavy atom. The van der Waals surface area contributed by atoms with Crippen molar-refractivity contribution in [3.63, 3.8) is 0 Å². The summed E-state index contributed by atoms with van der Waals surface area (Å²) in [4.78, 5) is 24.7. The Labute approximate surface area is 147 Å². The summed E-state index contributed by atoms with van der Waals surface area (Å²) in [7, 11) is 3.21. The Hall–Kier alpha value is -2.44. The molecule has 0 unspecified atom stereocenters. The molecule has 2 rings (SSSR count). The first kappa shape index (κ1) is 18.9. The third-order valence-electron chi connectivity index (χ3n) is 4.50. The van der Waals surface area contributed by atoms with Crippen LogP contribution in [0.3, 0.4) is 0 Å². The molecule has 0 saturated carbocycles. The van der Waals surface area contributed by atoms with Crippen LogP contribution in [0.2, 0.25) is 0 Å². The molecule has 1 saturated heterocycles. The minimum atomic E-state index is -0.769. The second-order valence-corrected chi connectivity index (χ2v) is 6.12. The predicted molar refractivity (Wildman–Crippen MR) is 93.2 cm³/mol. The van der Waals surface area contributed by atoms with E-state index in [0.717, 1.165) is 18.4 Å². The van der Waals surface area contributed by atoms with Gasteiger partial charge in [0.1, 0.15) is 0 Å². The molecule has 1 aliphatic rings. The Balaban J connectivity index is 1.71. The van der Waals surface area contributed by atoms with Crippen molar-refractivity contribution in [1.29, 1.82) is 0 Å². The third-order valence-corrected chi connectivity index (χ3v) is 4.50. The lowest BCUT2D eigenvalue weighted by Gasteiger charge is -2.30. The van der Waals surface area contributed by atoms with Gasteiger partial charge in [-0.05, 0) is 43.4 Å². The average Bonchev–Trinajstić information content (AvgIpc) is 2.64. The van der Waals surface area contributed by atoms with Gasteiger partial charge >= 0.3 is 12.0 Å². The van der Waals surface area contributed by atoms with Crippen molar-refractivity contribution in [1.82, 2.24) is 10.2 Å². The maximum absolute atomic E-state index is 12.1. The van der Waals surface area contributed by atoms with E-state index in [2.05, 4.69) is 5.32 Å². The maximum atomic E-state index is 12.1. The minimum Gasteiger partial charge on any atom is -0.493 e. The number of aliphatic carboxylic acids is 1. The van der Waals surface area contributed by atoms with E-state index in [-0.39, 0.29) is 11.9 Å². The monoisotopic (exact) mass is 350 g/mol. The highest BCUT2D eigenvalue weighted by molar-refractivity contribution is 5.75. The van der Waals surface area contributed by atoms with Crippen molar-refractivity contribution < 1.29 is 24.2 Å². The van der Waals surface area contributed by atoms with Crippen LogP contribution in [0.5, 0.6) is 11.5 Å². The van der Waals surface area contributed by atoms with Gasteiger partial charge in [0.05, 0.1) is 20.1 Å². The number of urea groups is 1. The largest absolute Gasteiger partial charge is 0.493 e. The number of amides is 2. The van der Waals surface area contributed by atoms with Gasteiger partial charge in [-0.3, -0.25) is 4.79 Å². The zero-order chi connectivity index (χ0) is 18.2. The molecule has 1 aromatic rings. The molecule has 1 aliphatic heterocycles. The third kappa shape index (κ3) is 5.27. The fourth-order valence-corrected chi connectivity index (χ4v) is 2.97. The number of piperidine rings is 1. The number of ether oxygens (including phenoxy) is 2. The number of aryl methyl sites for hydroxylation is 1. The van der Waals surface area contributed by atoms with E-state index in [4.69, 9.17) is 14.6 Å². The number of carboxylic acids is 1. The van der Waals surface area contributed by atoms with Crippen molar-refractivity contribution in [2.45, 2.75) is 25.7 Å². The molecule has 1 heterocycles. The molecule has 0 spiro atoms. The van der Waals surface area contributed by atoms with Crippen LogP contribution in [0.25, 0.3) is 0 Å². The molecule has 25 heavy (non-hydrogen) atoms. The molecule has 1 aromatic carbocycles. The lowest BCUT2D eigenvalue weighted by Crippen LogP contribution is -2.45. The summed E-state index contributed by atoms with van der Waals surface area (Å²) in [6.07, 6.45) is 2.68. The fraction of sp³-hybridized carbons (Fsp3) is 0.556. The van der Waals surface area contributed by atoms with Crippen molar-refractivity contribution in [2.24, 2.45) is 5.92 Å². The van der Waals surface area contributed by atoms with Crippen molar-refractivity contribution >= 4 is 12.0 Å². The zero-order valence-corrected chi connectivity index (χ0v) is 14.8. The number of methoxy groups -OCH3 is 2. The first-order chi connectivity index (χ1) is 12.0. The van der Waals surface area contributed by atoms with Crippen molar-refractivity contribution in [3.8, 4) is 11.5 Å². The summed E-state index contributed by atoms with van der Waals surface area (Å²) in [6, 6.07) is 5.69. The molecule has 2 amide bonds. The minimum absolute atomic E-state index is 0.115. The van der Waals surface area contributed by atoms with Crippen LogP contribution in [0.15, 0.2) is 18.2 Å². The van der Waals surface area contributed by atoms with Gasteiger partial charge in [0.25, 0.3) is 0 Å². The lowest BCUT2D eigenvalue weighted by molar-refractivity contribution is -0.143. The number of nitrogens with zero attached hydrogens (tertiary/aromatic N) is 1. The molecule has 0 radical (unpaired) electrons. The van der Waals surface area contributed by atoms with Crippen LogP contribution in [0.4, 0.5) is 4.79 Å². The Kier molecular flexibility index (Phi) is 6.91. The van der Waals surface area contributed by atoms with Crippen LogP contribution >= 0.6 is 0 Å². The number of carbonyl (C=O) groups excluding carboxylic acids is 1. The number of hydrogen-bond acceptors (Lipinski definition) is 4. The summed E-state index contributed by atoms with van der Waals surface area (Å²) < 4.78 is 10.5. The second kappa shape index (κ2) is 9.15. The topological polar surface area (TPSA) is 88.1 Å². The van der Waals surface area contributed by atoms with E-state index in [1.807, 2.05) is 18.2 Å². The van der Waals surface area contributed by atoms with E-state index in [0.29, 0.717) is 44.0 Å². The standard InChI is InChI=1S/C18H26N2O5/c1-24-15-6-5-13(12-16(15)25-2)4-3-9-19-18(23)20-10-7-14(8-11-20)17(21)22/h5-6,12,14H,3-4,7-11H2,1-2H3,(H,19,23)(H,21,22). The van der Waals surface area contributed by atoms with Gasteiger partial charge in [-0.15, -0.1) is 0 Å². The summed E-state index contributed by atoms with van der Waals surface area (Å²) in [5.74, 6) is 0.304. The van der Waals surface area contributed by atoms with Crippen LogP contribution in [-0.2, 0) is 11.2 Å². The average molecular weight is 350 g/mol. The van der Waals surface area contributed by atoms with E-state index in [1.165, 1.54) is 0 Å². The highest BCUT2D eigenvalue weighted by Crippen LogP contribution is 2.27. The number of nitrogens with one attached hydrogen (secondary N) is 1. The summed E-state index contributed by atoms with van der Waals surface area (Å²) in [6.45, 7) is 1.57. The van der Waals surface area contributed by atoms with Crippen LogP contribution in [0, 0.1) is 5.92 Å². The normalized spacial score (nSPS) is 14.9. The number of hydrogen-bond donors (Lipinski definition) is 2. The summed E-state index contributed by atoms with van der Waals surface area (Å²) in [5.41, 5.74) is 1.12. The molecule has 0 aromatic heterocycles. The Morgan fingerprint density at radius 2 is 1.88 bits per heavy atom.